The van der Waals surface area contributed by atoms with Crippen molar-refractivity contribution >= 4 is 27.4 Å². The van der Waals surface area contributed by atoms with Crippen LogP contribution in [0, 0.1) is 0 Å². The molecule has 0 N–H and O–H groups in total. The monoisotopic (exact) mass is 306 g/mol. The summed E-state index contributed by atoms with van der Waals surface area (Å²) in [6, 6.07) is -0.0511. The van der Waals surface area contributed by atoms with Gasteiger partial charge < -0.3 is 9.64 Å². The Balaban J connectivity index is 2.26. The summed E-state index contributed by atoms with van der Waals surface area (Å²) < 4.78 is 28.3. The average Bonchev–Trinajstić information content (AvgIpc) is 2.27. The van der Waals surface area contributed by atoms with Gasteiger partial charge in [0.1, 0.15) is 0 Å². The van der Waals surface area contributed by atoms with Gasteiger partial charge in [-0.25, -0.2) is 8.42 Å². The van der Waals surface area contributed by atoms with E-state index in [0.717, 1.165) is 0 Å². The van der Waals surface area contributed by atoms with Gasteiger partial charge in [-0.05, 0) is 25.4 Å². The largest absolute Gasteiger partial charge is 0.464 e. The fourth-order valence-electron chi connectivity index (χ4n) is 1.94. The van der Waals surface area contributed by atoms with Crippen molar-refractivity contribution in [3.63, 3.8) is 0 Å². The van der Waals surface area contributed by atoms with Crippen LogP contribution in [0.1, 0.15) is 13.8 Å². The predicted molar refractivity (Wildman–Crippen MR) is 71.5 cm³/mol. The number of hydrogen-bond donors (Lipinski definition) is 0. The first-order chi connectivity index (χ1) is 8.91. The van der Waals surface area contributed by atoms with Gasteiger partial charge in [0.25, 0.3) is 0 Å². The fraction of sp³-hybridized carbons (Fsp3) is 0.700. The molecule has 1 aromatic rings. The van der Waals surface area contributed by atoms with Gasteiger partial charge in [0.05, 0.1) is 18.1 Å². The minimum Gasteiger partial charge on any atom is -0.464 e. The molecule has 1 aliphatic rings. The topological polar surface area (TPSA) is 85.3 Å². The molecule has 1 unspecified atom stereocenters. The van der Waals surface area contributed by atoms with E-state index in [1.165, 1.54) is 0 Å². The van der Waals surface area contributed by atoms with Crippen LogP contribution in [0.15, 0.2) is 0 Å². The number of halogens is 1. The summed E-state index contributed by atoms with van der Waals surface area (Å²) in [5.74, 6) is 0.524. The molecule has 0 amide bonds. The van der Waals surface area contributed by atoms with E-state index < -0.39 is 9.84 Å². The maximum Gasteiger partial charge on any atom is 0.322 e. The van der Waals surface area contributed by atoms with Crippen LogP contribution in [0.2, 0.25) is 5.28 Å². The lowest BCUT2D eigenvalue weighted by Crippen LogP contribution is -2.47. The molecule has 106 valence electrons. The summed E-state index contributed by atoms with van der Waals surface area (Å²) in [7, 11) is -2.98. The normalized spacial score (nSPS) is 22.3. The van der Waals surface area contributed by atoms with Crippen molar-refractivity contribution in [2.75, 3.05) is 29.6 Å². The molecule has 0 aromatic carbocycles. The van der Waals surface area contributed by atoms with Crippen molar-refractivity contribution in [1.29, 1.82) is 0 Å². The van der Waals surface area contributed by atoms with Gasteiger partial charge in [0.15, 0.2) is 9.84 Å². The molecule has 1 saturated heterocycles. The lowest BCUT2D eigenvalue weighted by molar-refractivity contribution is 0.311. The van der Waals surface area contributed by atoms with Crippen molar-refractivity contribution in [2.45, 2.75) is 19.9 Å². The molecule has 0 aliphatic carbocycles. The molecule has 19 heavy (non-hydrogen) atoms. The average molecular weight is 307 g/mol. The smallest absolute Gasteiger partial charge is 0.322 e. The molecule has 1 atom stereocenters. The minimum atomic E-state index is -2.98. The lowest BCUT2D eigenvalue weighted by Gasteiger charge is -2.33. The quantitative estimate of drug-likeness (QED) is 0.806. The molecule has 1 aromatic heterocycles. The first-order valence-corrected chi connectivity index (χ1v) is 8.12. The third-order valence-corrected chi connectivity index (χ3v) is 4.74. The number of hydrogen-bond acceptors (Lipinski definition) is 7. The number of aromatic nitrogens is 3. The Hall–Kier alpha value is -1.15. The van der Waals surface area contributed by atoms with E-state index in [0.29, 0.717) is 19.1 Å². The number of nitrogens with zero attached hydrogens (tertiary/aromatic N) is 4. The predicted octanol–water partition coefficient (Wildman–Crippen LogP) is 0.547. The second-order valence-electron chi connectivity index (χ2n) is 4.28. The third-order valence-electron chi connectivity index (χ3n) is 2.78. The molecule has 0 bridgehead atoms. The standard InChI is InChI=1S/C10H15ClN4O3S/c1-3-18-10-13-8(11)12-9(14-10)15-4-5-19(16,17)6-7(15)2/h7H,3-6H2,1-2H3. The van der Waals surface area contributed by atoms with Gasteiger partial charge in [-0.3, -0.25) is 0 Å². The first-order valence-electron chi connectivity index (χ1n) is 5.92. The van der Waals surface area contributed by atoms with Gasteiger partial charge >= 0.3 is 6.01 Å². The molecule has 0 radical (unpaired) electrons. The Labute approximate surface area is 116 Å². The van der Waals surface area contributed by atoms with Crippen LogP contribution < -0.4 is 9.64 Å². The molecule has 7 nitrogen and oxygen atoms in total. The Morgan fingerprint density at radius 2 is 2.16 bits per heavy atom. The number of ether oxygens (including phenoxy) is 1. The van der Waals surface area contributed by atoms with E-state index in [-0.39, 0.29) is 28.8 Å². The SMILES string of the molecule is CCOc1nc(Cl)nc(N2CCS(=O)(=O)CC2C)n1. The molecular weight excluding hydrogens is 292 g/mol. The van der Waals surface area contributed by atoms with E-state index in [4.69, 9.17) is 16.3 Å². The van der Waals surface area contributed by atoms with Gasteiger partial charge in [-0.1, -0.05) is 0 Å². The maximum absolute atomic E-state index is 11.5. The van der Waals surface area contributed by atoms with E-state index >= 15 is 0 Å². The van der Waals surface area contributed by atoms with E-state index in [1.807, 2.05) is 13.8 Å². The third kappa shape index (κ3) is 3.44. The van der Waals surface area contributed by atoms with Crippen molar-refractivity contribution < 1.29 is 13.2 Å². The summed E-state index contributed by atoms with van der Waals surface area (Å²) in [5.41, 5.74) is 0. The maximum atomic E-state index is 11.5. The van der Waals surface area contributed by atoms with Crippen LogP contribution in [-0.4, -0.2) is 54.1 Å². The van der Waals surface area contributed by atoms with Crippen LogP contribution in [0.25, 0.3) is 0 Å². The van der Waals surface area contributed by atoms with Crippen molar-refractivity contribution in [1.82, 2.24) is 15.0 Å². The number of anilines is 1. The molecule has 0 spiro atoms. The Morgan fingerprint density at radius 1 is 1.42 bits per heavy atom. The summed E-state index contributed by atoms with van der Waals surface area (Å²) in [4.78, 5) is 13.8. The van der Waals surface area contributed by atoms with Crippen LogP contribution in [-0.2, 0) is 9.84 Å². The van der Waals surface area contributed by atoms with Crippen LogP contribution in [0.4, 0.5) is 5.95 Å². The van der Waals surface area contributed by atoms with E-state index in [1.54, 1.807) is 4.90 Å². The minimum absolute atomic E-state index is 0.0362. The highest BCUT2D eigenvalue weighted by molar-refractivity contribution is 7.91. The van der Waals surface area contributed by atoms with Crippen LogP contribution in [0.5, 0.6) is 6.01 Å². The molecule has 9 heteroatoms. The van der Waals surface area contributed by atoms with Crippen molar-refractivity contribution in [2.24, 2.45) is 0 Å². The molecule has 2 rings (SSSR count). The van der Waals surface area contributed by atoms with Crippen LogP contribution in [0.3, 0.4) is 0 Å². The molecule has 0 saturated carbocycles. The summed E-state index contributed by atoms with van der Waals surface area (Å²) in [6.07, 6.45) is 0. The molecule has 2 heterocycles. The summed E-state index contributed by atoms with van der Waals surface area (Å²) in [5, 5.41) is 0.0362. The highest BCUT2D eigenvalue weighted by Crippen LogP contribution is 2.20. The Kier molecular flexibility index (Phi) is 4.10. The molecular formula is C10H15ClN4O3S. The second kappa shape index (κ2) is 5.46. The first kappa shape index (κ1) is 14.3. The highest BCUT2D eigenvalue weighted by atomic mass is 35.5. The van der Waals surface area contributed by atoms with Crippen LogP contribution >= 0.6 is 11.6 Å². The van der Waals surface area contributed by atoms with E-state index in [9.17, 15) is 8.42 Å². The summed E-state index contributed by atoms with van der Waals surface area (Å²) in [6.45, 7) is 4.39. The summed E-state index contributed by atoms with van der Waals surface area (Å²) >= 11 is 5.82. The lowest BCUT2D eigenvalue weighted by atomic mass is 10.3. The zero-order valence-corrected chi connectivity index (χ0v) is 12.3. The molecule has 1 aliphatic heterocycles. The fourth-order valence-corrected chi connectivity index (χ4v) is 3.64. The Morgan fingerprint density at radius 3 is 2.79 bits per heavy atom. The van der Waals surface area contributed by atoms with E-state index in [2.05, 4.69) is 15.0 Å². The van der Waals surface area contributed by atoms with Crippen molar-refractivity contribution in [3.8, 4) is 6.01 Å². The van der Waals surface area contributed by atoms with Gasteiger partial charge in [0, 0.05) is 12.6 Å². The van der Waals surface area contributed by atoms with Crippen molar-refractivity contribution in [3.05, 3.63) is 5.28 Å². The zero-order chi connectivity index (χ0) is 14.0. The zero-order valence-electron chi connectivity index (χ0n) is 10.7. The van der Waals surface area contributed by atoms with Gasteiger partial charge in [-0.2, -0.15) is 15.0 Å². The Bertz CT molecular complexity index is 566. The van der Waals surface area contributed by atoms with Gasteiger partial charge in [-0.15, -0.1) is 0 Å². The number of sulfone groups is 1. The second-order valence-corrected chi connectivity index (χ2v) is 6.84. The number of rotatable bonds is 3. The molecule has 1 fully saturated rings. The van der Waals surface area contributed by atoms with Gasteiger partial charge in [0.2, 0.25) is 11.2 Å². The highest BCUT2D eigenvalue weighted by Gasteiger charge is 2.30.